The van der Waals surface area contributed by atoms with Gasteiger partial charge in [-0.1, -0.05) is 47.5 Å². The van der Waals surface area contributed by atoms with Gasteiger partial charge in [-0.25, -0.2) is 4.98 Å². The molecule has 1 amide bonds. The van der Waals surface area contributed by atoms with Gasteiger partial charge < -0.3 is 14.8 Å². The summed E-state index contributed by atoms with van der Waals surface area (Å²) >= 11 is 10.5. The normalized spacial score (nSPS) is 11.4. The first kappa shape index (κ1) is 29.0. The highest BCUT2D eigenvalue weighted by atomic mass is 79.9. The molecule has 0 spiro atoms. The summed E-state index contributed by atoms with van der Waals surface area (Å²) in [4.78, 5) is 30.5. The smallest absolute Gasteiger partial charge is 0.282 e. The van der Waals surface area contributed by atoms with Crippen molar-refractivity contribution in [1.29, 1.82) is 0 Å². The third kappa shape index (κ3) is 6.59. The molecule has 0 saturated heterocycles. The van der Waals surface area contributed by atoms with Crippen molar-refractivity contribution < 1.29 is 14.3 Å². The lowest BCUT2D eigenvalue weighted by Crippen LogP contribution is -2.23. The monoisotopic (exact) mass is 718 g/mol. The molecule has 1 heterocycles. The van der Waals surface area contributed by atoms with Crippen molar-refractivity contribution in [2.45, 2.75) is 26.7 Å². The van der Waals surface area contributed by atoms with Crippen LogP contribution in [0.3, 0.4) is 0 Å². The summed E-state index contributed by atoms with van der Waals surface area (Å²) in [6, 6.07) is 14.6. The van der Waals surface area contributed by atoms with Crippen LogP contribution in [0.4, 0.5) is 5.69 Å². The van der Waals surface area contributed by atoms with E-state index in [2.05, 4.69) is 63.2 Å². The van der Waals surface area contributed by atoms with E-state index in [1.807, 2.05) is 51.1 Å². The second-order valence-corrected chi connectivity index (χ2v) is 11.5. The lowest BCUT2D eigenvalue weighted by Gasteiger charge is -2.16. The van der Waals surface area contributed by atoms with Gasteiger partial charge in [0.25, 0.3) is 11.5 Å². The maximum absolute atomic E-state index is 13.3. The Morgan fingerprint density at radius 3 is 2.49 bits per heavy atom. The Labute approximate surface area is 250 Å². The van der Waals surface area contributed by atoms with Crippen molar-refractivity contribution in [3.05, 3.63) is 89.3 Å². The molecule has 39 heavy (non-hydrogen) atoms. The van der Waals surface area contributed by atoms with E-state index in [9.17, 15) is 9.59 Å². The highest BCUT2D eigenvalue weighted by Crippen LogP contribution is 2.42. The van der Waals surface area contributed by atoms with Gasteiger partial charge in [-0.2, -0.15) is 9.78 Å². The summed E-state index contributed by atoms with van der Waals surface area (Å²) in [5.41, 5.74) is 2.73. The molecule has 0 aliphatic heterocycles. The molecule has 0 bridgehead atoms. The summed E-state index contributed by atoms with van der Waals surface area (Å²) in [6.07, 6.45) is 1.55. The van der Waals surface area contributed by atoms with Crippen LogP contribution >= 0.6 is 47.8 Å². The van der Waals surface area contributed by atoms with Crippen LogP contribution in [-0.2, 0) is 4.79 Å². The van der Waals surface area contributed by atoms with E-state index >= 15 is 0 Å². The summed E-state index contributed by atoms with van der Waals surface area (Å²) < 4.78 is 14.6. The summed E-state index contributed by atoms with van der Waals surface area (Å²) in [5, 5.41) is 7.76. The number of halogens is 3. The summed E-state index contributed by atoms with van der Waals surface area (Å²) in [6.45, 7) is 5.66. The highest BCUT2D eigenvalue weighted by molar-refractivity contribution is 9.13. The van der Waals surface area contributed by atoms with Crippen LogP contribution in [0.25, 0.3) is 10.9 Å². The van der Waals surface area contributed by atoms with Crippen LogP contribution in [0, 0.1) is 6.92 Å². The molecule has 0 fully saturated rings. The van der Waals surface area contributed by atoms with Crippen LogP contribution in [0.15, 0.2) is 71.8 Å². The number of hydrogen-bond acceptors (Lipinski definition) is 6. The first-order valence-electron chi connectivity index (χ1n) is 11.9. The molecule has 0 aliphatic carbocycles. The fourth-order valence-electron chi connectivity index (χ4n) is 3.73. The van der Waals surface area contributed by atoms with Crippen molar-refractivity contribution in [2.75, 3.05) is 19.0 Å². The van der Waals surface area contributed by atoms with E-state index in [4.69, 9.17) is 9.47 Å². The number of aryl methyl sites for hydroxylation is 1. The van der Waals surface area contributed by atoms with Gasteiger partial charge in [0.1, 0.15) is 5.82 Å². The number of amides is 1. The number of rotatable bonds is 8. The van der Waals surface area contributed by atoms with Gasteiger partial charge in [-0.15, -0.1) is 0 Å². The lowest BCUT2D eigenvalue weighted by atomic mass is 10.2. The number of fused-ring (bicyclic) bond motifs is 1. The number of carbonyl (C=O) groups is 1. The van der Waals surface area contributed by atoms with E-state index < -0.39 is 0 Å². The van der Waals surface area contributed by atoms with Crippen molar-refractivity contribution in [2.24, 2.45) is 5.10 Å². The second-order valence-electron chi connectivity index (χ2n) is 8.98. The van der Waals surface area contributed by atoms with E-state index in [1.54, 1.807) is 24.4 Å². The van der Waals surface area contributed by atoms with E-state index in [0.717, 1.165) is 10.0 Å². The van der Waals surface area contributed by atoms with Gasteiger partial charge in [-0.3, -0.25) is 9.59 Å². The minimum Gasteiger partial charge on any atom is -0.493 e. The Bertz CT molecular complexity index is 1630. The maximum Gasteiger partial charge on any atom is 0.282 e. The lowest BCUT2D eigenvalue weighted by molar-refractivity contribution is -0.118. The van der Waals surface area contributed by atoms with Crippen LogP contribution in [-0.4, -0.2) is 35.5 Å². The molecule has 0 atom stereocenters. The molecule has 8 nitrogen and oxygen atoms in total. The molecular weight excluding hydrogens is 696 g/mol. The van der Waals surface area contributed by atoms with E-state index in [0.29, 0.717) is 48.4 Å². The third-order valence-electron chi connectivity index (χ3n) is 5.72. The number of nitrogens with one attached hydrogen (secondary N) is 1. The predicted molar refractivity (Wildman–Crippen MR) is 164 cm³/mol. The number of hydrogen-bond donors (Lipinski definition) is 1. The first-order valence-corrected chi connectivity index (χ1v) is 14.3. The van der Waals surface area contributed by atoms with Gasteiger partial charge in [0.05, 0.1) is 28.7 Å². The largest absolute Gasteiger partial charge is 0.493 e. The molecule has 0 unspecified atom stereocenters. The number of benzene rings is 3. The number of ether oxygens (including phenoxy) is 2. The second kappa shape index (κ2) is 12.4. The third-order valence-corrected chi connectivity index (χ3v) is 8.36. The number of anilines is 1. The Morgan fingerprint density at radius 2 is 1.82 bits per heavy atom. The Hall–Kier alpha value is -3.02. The molecular formula is C28H25Br3N4O4. The van der Waals surface area contributed by atoms with Gasteiger partial charge in [-0.05, 0) is 75.2 Å². The van der Waals surface area contributed by atoms with Crippen LogP contribution in [0.2, 0.25) is 0 Å². The molecule has 3 aromatic carbocycles. The van der Waals surface area contributed by atoms with Crippen LogP contribution < -0.4 is 20.3 Å². The number of carbonyl (C=O) groups excluding carboxylic acids is 1. The standard InChI is InChI=1S/C28H25Br3N4O4/c1-15(2)27-34-21-10-7-18(29)12-20(21)28(37)35(27)32-13-17-11-22(38-4)26(25(31)24(17)30)39-14-23(36)33-19-8-5-16(3)6-9-19/h5-13,15H,14H2,1-4H3,(H,33,36). The summed E-state index contributed by atoms with van der Waals surface area (Å²) in [7, 11) is 1.50. The molecule has 1 N–H and O–H groups in total. The molecule has 0 saturated carbocycles. The zero-order chi connectivity index (χ0) is 28.3. The fourth-order valence-corrected chi connectivity index (χ4v) is 5.02. The first-order chi connectivity index (χ1) is 18.6. The van der Waals surface area contributed by atoms with Gasteiger partial charge in [0, 0.05) is 26.1 Å². The molecule has 4 rings (SSSR count). The molecule has 4 aromatic rings. The fraction of sp³-hybridized carbons (Fsp3) is 0.214. The highest BCUT2D eigenvalue weighted by Gasteiger charge is 2.19. The van der Waals surface area contributed by atoms with Crippen molar-refractivity contribution >= 4 is 76.5 Å². The van der Waals surface area contributed by atoms with E-state index in [-0.39, 0.29) is 24.0 Å². The Morgan fingerprint density at radius 1 is 1.10 bits per heavy atom. The average Bonchev–Trinajstić information content (AvgIpc) is 2.91. The molecule has 0 aliphatic rings. The Balaban J connectivity index is 1.63. The number of methoxy groups -OCH3 is 1. The number of aromatic nitrogens is 2. The molecule has 0 radical (unpaired) electrons. The van der Waals surface area contributed by atoms with Gasteiger partial charge in [0.2, 0.25) is 0 Å². The zero-order valence-electron chi connectivity index (χ0n) is 21.6. The van der Waals surface area contributed by atoms with Crippen LogP contribution in [0.5, 0.6) is 11.5 Å². The molecule has 202 valence electrons. The SMILES string of the molecule is COc1cc(C=Nn2c(C(C)C)nc3ccc(Br)cc3c2=O)c(Br)c(Br)c1OCC(=O)Nc1ccc(C)cc1. The quantitative estimate of drug-likeness (QED) is 0.198. The van der Waals surface area contributed by atoms with E-state index in [1.165, 1.54) is 11.8 Å². The van der Waals surface area contributed by atoms with Crippen molar-refractivity contribution in [3.63, 3.8) is 0 Å². The predicted octanol–water partition coefficient (Wildman–Crippen LogP) is 7.02. The van der Waals surface area contributed by atoms with Crippen molar-refractivity contribution in [1.82, 2.24) is 9.66 Å². The maximum atomic E-state index is 13.3. The minimum atomic E-state index is -0.314. The zero-order valence-corrected chi connectivity index (χ0v) is 26.3. The topological polar surface area (TPSA) is 94.8 Å². The average molecular weight is 721 g/mol. The minimum absolute atomic E-state index is 0.0468. The summed E-state index contributed by atoms with van der Waals surface area (Å²) in [5.74, 6) is 0.900. The number of nitrogens with zero attached hydrogens (tertiary/aromatic N) is 3. The molecule has 11 heteroatoms. The van der Waals surface area contributed by atoms with Crippen molar-refractivity contribution in [3.8, 4) is 11.5 Å². The van der Waals surface area contributed by atoms with Gasteiger partial charge >= 0.3 is 0 Å². The van der Waals surface area contributed by atoms with Gasteiger partial charge in [0.15, 0.2) is 18.1 Å². The molecule has 1 aromatic heterocycles. The Kier molecular flexibility index (Phi) is 9.24. The van der Waals surface area contributed by atoms with Crippen LogP contribution in [0.1, 0.15) is 36.7 Å².